The van der Waals surface area contributed by atoms with Crippen LogP contribution in [0.2, 0.25) is 5.02 Å². The summed E-state index contributed by atoms with van der Waals surface area (Å²) in [5.74, 6) is -1.98. The Morgan fingerprint density at radius 1 is 1.36 bits per heavy atom. The Balaban J connectivity index is 2.31. The van der Waals surface area contributed by atoms with E-state index < -0.39 is 27.6 Å². The maximum atomic E-state index is 12.5. The average Bonchev–Trinajstić information content (AvgIpc) is 2.46. The van der Waals surface area contributed by atoms with E-state index in [2.05, 4.69) is 0 Å². The molecule has 1 amide bonds. The van der Waals surface area contributed by atoms with E-state index in [1.54, 1.807) is 0 Å². The second kappa shape index (κ2) is 6.26. The predicted octanol–water partition coefficient (Wildman–Crippen LogP) is 1.68. The quantitative estimate of drug-likeness (QED) is 0.899. The first kappa shape index (κ1) is 16.8. The summed E-state index contributed by atoms with van der Waals surface area (Å²) >= 11 is 6.00. The Bertz CT molecular complexity index is 716. The predicted molar refractivity (Wildman–Crippen MR) is 80.8 cm³/mol. The van der Waals surface area contributed by atoms with Gasteiger partial charge < -0.3 is 10.0 Å². The molecular weight excluding hydrogens is 330 g/mol. The first-order valence-electron chi connectivity index (χ1n) is 6.72. The molecule has 0 spiro atoms. The van der Waals surface area contributed by atoms with Crippen LogP contribution >= 0.6 is 11.6 Å². The third kappa shape index (κ3) is 3.59. The zero-order valence-corrected chi connectivity index (χ0v) is 13.5. The fraction of sp³-hybridized carbons (Fsp3) is 0.429. The van der Waals surface area contributed by atoms with Gasteiger partial charge in [-0.3, -0.25) is 9.59 Å². The van der Waals surface area contributed by atoms with Crippen molar-refractivity contribution in [1.82, 2.24) is 4.90 Å². The van der Waals surface area contributed by atoms with Crippen molar-refractivity contribution in [3.05, 3.63) is 28.8 Å². The highest BCUT2D eigenvalue weighted by Gasteiger charge is 2.29. The van der Waals surface area contributed by atoms with Crippen LogP contribution in [-0.2, 0) is 14.6 Å². The number of amides is 1. The first-order chi connectivity index (χ1) is 10.2. The Labute approximate surface area is 133 Å². The lowest BCUT2D eigenvalue weighted by Gasteiger charge is -2.31. The SMILES string of the molecule is CS(=O)(=O)c1ccc(Cl)c(C(=O)N2CCC[C@H](C(=O)O)C2)c1. The molecule has 0 aromatic heterocycles. The van der Waals surface area contributed by atoms with E-state index in [1.807, 2.05) is 0 Å². The minimum absolute atomic E-state index is 0.00652. The van der Waals surface area contributed by atoms with Gasteiger partial charge in [0.05, 0.1) is 21.4 Å². The number of sulfone groups is 1. The van der Waals surface area contributed by atoms with Crippen molar-refractivity contribution in [2.24, 2.45) is 5.92 Å². The number of aliphatic carboxylic acids is 1. The highest BCUT2D eigenvalue weighted by molar-refractivity contribution is 7.90. The van der Waals surface area contributed by atoms with Gasteiger partial charge in [0.2, 0.25) is 0 Å². The topological polar surface area (TPSA) is 91.8 Å². The molecule has 0 saturated carbocycles. The fourth-order valence-electron chi connectivity index (χ4n) is 2.43. The summed E-state index contributed by atoms with van der Waals surface area (Å²) < 4.78 is 23.2. The summed E-state index contributed by atoms with van der Waals surface area (Å²) in [6, 6.07) is 3.94. The monoisotopic (exact) mass is 345 g/mol. The third-order valence-corrected chi connectivity index (χ3v) is 5.09. The van der Waals surface area contributed by atoms with E-state index in [0.717, 1.165) is 6.26 Å². The molecule has 22 heavy (non-hydrogen) atoms. The largest absolute Gasteiger partial charge is 0.481 e. The molecule has 1 aromatic carbocycles. The number of carboxylic acids is 1. The van der Waals surface area contributed by atoms with Crippen molar-refractivity contribution >= 4 is 33.3 Å². The number of rotatable bonds is 3. The molecule has 0 aliphatic carbocycles. The Morgan fingerprint density at radius 3 is 2.64 bits per heavy atom. The number of carboxylic acid groups (broad SMARTS) is 1. The summed E-state index contributed by atoms with van der Waals surface area (Å²) in [5.41, 5.74) is 0.0793. The van der Waals surface area contributed by atoms with E-state index in [0.29, 0.717) is 19.4 Å². The van der Waals surface area contributed by atoms with Crippen molar-refractivity contribution in [3.63, 3.8) is 0 Å². The standard InChI is InChI=1S/C14H16ClNO5S/c1-22(20,21)10-4-5-12(15)11(7-10)13(17)16-6-2-3-9(8-16)14(18)19/h4-5,7,9H,2-3,6,8H2,1H3,(H,18,19)/t9-/m0/s1. The second-order valence-electron chi connectivity index (χ2n) is 5.34. The molecule has 0 radical (unpaired) electrons. The van der Waals surface area contributed by atoms with Crippen molar-refractivity contribution in [1.29, 1.82) is 0 Å². The van der Waals surface area contributed by atoms with Crippen LogP contribution in [0.25, 0.3) is 0 Å². The summed E-state index contributed by atoms with van der Waals surface area (Å²) in [4.78, 5) is 25.0. The van der Waals surface area contributed by atoms with Crippen LogP contribution in [0.1, 0.15) is 23.2 Å². The van der Waals surface area contributed by atoms with Crippen LogP contribution in [0.3, 0.4) is 0 Å². The molecule has 1 aliphatic heterocycles. The van der Waals surface area contributed by atoms with Crippen LogP contribution in [-0.4, -0.2) is 49.6 Å². The van der Waals surface area contributed by atoms with Gasteiger partial charge in [-0.25, -0.2) is 8.42 Å². The van der Waals surface area contributed by atoms with Gasteiger partial charge in [0.25, 0.3) is 5.91 Å². The molecule has 1 atom stereocenters. The van der Waals surface area contributed by atoms with E-state index in [1.165, 1.54) is 23.1 Å². The lowest BCUT2D eigenvalue weighted by Crippen LogP contribution is -2.42. The van der Waals surface area contributed by atoms with Crippen LogP contribution in [0.15, 0.2) is 23.1 Å². The molecule has 2 rings (SSSR count). The first-order valence-corrected chi connectivity index (χ1v) is 8.99. The molecule has 1 N–H and O–H groups in total. The molecule has 8 heteroatoms. The van der Waals surface area contributed by atoms with E-state index in [9.17, 15) is 18.0 Å². The number of hydrogen-bond acceptors (Lipinski definition) is 4. The van der Waals surface area contributed by atoms with E-state index >= 15 is 0 Å². The van der Waals surface area contributed by atoms with Crippen LogP contribution in [0, 0.1) is 5.92 Å². The Morgan fingerprint density at radius 2 is 2.05 bits per heavy atom. The van der Waals surface area contributed by atoms with Gasteiger partial charge in [0.15, 0.2) is 9.84 Å². The van der Waals surface area contributed by atoms with Gasteiger partial charge in [0.1, 0.15) is 0 Å². The lowest BCUT2D eigenvalue weighted by molar-refractivity contribution is -0.143. The van der Waals surface area contributed by atoms with Gasteiger partial charge in [0, 0.05) is 19.3 Å². The van der Waals surface area contributed by atoms with Gasteiger partial charge in [-0.1, -0.05) is 11.6 Å². The smallest absolute Gasteiger partial charge is 0.308 e. The van der Waals surface area contributed by atoms with Gasteiger partial charge in [-0.15, -0.1) is 0 Å². The molecule has 1 heterocycles. The minimum Gasteiger partial charge on any atom is -0.481 e. The summed E-state index contributed by atoms with van der Waals surface area (Å²) in [5, 5.41) is 9.22. The number of likely N-dealkylation sites (tertiary alicyclic amines) is 1. The van der Waals surface area contributed by atoms with Crippen LogP contribution < -0.4 is 0 Å². The fourth-order valence-corrected chi connectivity index (χ4v) is 3.28. The summed E-state index contributed by atoms with van der Waals surface area (Å²) in [6.07, 6.45) is 2.16. The average molecular weight is 346 g/mol. The molecule has 0 unspecified atom stereocenters. The van der Waals surface area contributed by atoms with Crippen molar-refractivity contribution in [3.8, 4) is 0 Å². The molecule has 1 aromatic rings. The molecule has 120 valence electrons. The van der Waals surface area contributed by atoms with Gasteiger partial charge >= 0.3 is 5.97 Å². The maximum Gasteiger partial charge on any atom is 0.308 e. The molecule has 1 fully saturated rings. The summed E-state index contributed by atoms with van der Waals surface area (Å²) in [7, 11) is -3.45. The minimum atomic E-state index is -3.45. The zero-order chi connectivity index (χ0) is 16.5. The molecule has 6 nitrogen and oxygen atoms in total. The molecule has 0 bridgehead atoms. The lowest BCUT2D eigenvalue weighted by atomic mass is 9.97. The van der Waals surface area contributed by atoms with Crippen LogP contribution in [0.5, 0.6) is 0 Å². The highest BCUT2D eigenvalue weighted by Crippen LogP contribution is 2.25. The van der Waals surface area contributed by atoms with E-state index in [4.69, 9.17) is 16.7 Å². The highest BCUT2D eigenvalue weighted by atomic mass is 35.5. The van der Waals surface area contributed by atoms with E-state index in [-0.39, 0.29) is 22.0 Å². The van der Waals surface area contributed by atoms with Crippen LogP contribution in [0.4, 0.5) is 0 Å². The third-order valence-electron chi connectivity index (χ3n) is 3.65. The number of carbonyl (C=O) groups is 2. The normalized spacial score (nSPS) is 19.0. The van der Waals surface area contributed by atoms with Crippen molar-refractivity contribution in [2.45, 2.75) is 17.7 Å². The number of halogens is 1. The van der Waals surface area contributed by atoms with Crippen molar-refractivity contribution < 1.29 is 23.1 Å². The maximum absolute atomic E-state index is 12.5. The number of piperidine rings is 1. The van der Waals surface area contributed by atoms with Crippen molar-refractivity contribution in [2.75, 3.05) is 19.3 Å². The van der Waals surface area contributed by atoms with Gasteiger partial charge in [-0.2, -0.15) is 0 Å². The molecular formula is C14H16ClNO5S. The molecule has 1 saturated heterocycles. The number of benzene rings is 1. The Hall–Kier alpha value is -1.60. The summed E-state index contributed by atoms with van der Waals surface area (Å²) in [6.45, 7) is 0.537. The Kier molecular flexibility index (Phi) is 4.77. The number of nitrogens with zero attached hydrogens (tertiary/aromatic N) is 1. The van der Waals surface area contributed by atoms with Gasteiger partial charge in [-0.05, 0) is 31.0 Å². The zero-order valence-electron chi connectivity index (χ0n) is 12.0. The second-order valence-corrected chi connectivity index (χ2v) is 7.77. The number of hydrogen-bond donors (Lipinski definition) is 1. The number of carbonyl (C=O) groups excluding carboxylic acids is 1. The molecule has 1 aliphatic rings.